The van der Waals surface area contributed by atoms with Crippen LogP contribution in [0.25, 0.3) is 0 Å². The molecule has 0 aromatic carbocycles. The minimum atomic E-state index is -3.31. The van der Waals surface area contributed by atoms with Gasteiger partial charge >= 0.3 is 0 Å². The maximum absolute atomic E-state index is 10.8. The summed E-state index contributed by atoms with van der Waals surface area (Å²) in [6.07, 6.45) is 3.31. The van der Waals surface area contributed by atoms with Crippen molar-refractivity contribution >= 4 is 10.1 Å². The third-order valence-electron chi connectivity index (χ3n) is 2.09. The molecule has 0 radical (unpaired) electrons. The van der Waals surface area contributed by atoms with E-state index in [2.05, 4.69) is 0 Å². The molecule has 13 heavy (non-hydrogen) atoms. The monoisotopic (exact) mass is 208 g/mol. The van der Waals surface area contributed by atoms with Gasteiger partial charge in [0.15, 0.2) is 0 Å². The zero-order chi connectivity index (χ0) is 9.90. The van der Waals surface area contributed by atoms with Gasteiger partial charge in [-0.2, -0.15) is 8.42 Å². The van der Waals surface area contributed by atoms with Crippen molar-refractivity contribution in [3.05, 3.63) is 0 Å². The average molecular weight is 208 g/mol. The zero-order valence-electron chi connectivity index (χ0n) is 8.02. The second kappa shape index (κ2) is 4.39. The van der Waals surface area contributed by atoms with E-state index in [1.54, 1.807) is 0 Å². The lowest BCUT2D eigenvalue weighted by atomic mass is 10.0. The SMILES string of the molecule is CCC1CC(OS(C)(=O)=O)CCO1. The summed E-state index contributed by atoms with van der Waals surface area (Å²) in [5, 5.41) is 0. The molecule has 0 bridgehead atoms. The number of hydrogen-bond acceptors (Lipinski definition) is 4. The minimum Gasteiger partial charge on any atom is -0.378 e. The topological polar surface area (TPSA) is 52.6 Å². The molecule has 0 N–H and O–H groups in total. The maximum Gasteiger partial charge on any atom is 0.264 e. The van der Waals surface area contributed by atoms with E-state index in [0.717, 1.165) is 12.7 Å². The van der Waals surface area contributed by atoms with Crippen molar-refractivity contribution in [3.63, 3.8) is 0 Å². The molecular formula is C8H16O4S. The van der Waals surface area contributed by atoms with E-state index in [1.807, 2.05) is 6.92 Å². The Hall–Kier alpha value is -0.130. The van der Waals surface area contributed by atoms with Gasteiger partial charge < -0.3 is 4.74 Å². The van der Waals surface area contributed by atoms with Gasteiger partial charge in [-0.1, -0.05) is 6.92 Å². The van der Waals surface area contributed by atoms with Crippen LogP contribution in [0, 0.1) is 0 Å². The summed E-state index contributed by atoms with van der Waals surface area (Å²) >= 11 is 0. The van der Waals surface area contributed by atoms with Gasteiger partial charge in [0.1, 0.15) is 0 Å². The molecule has 2 unspecified atom stereocenters. The Morgan fingerprint density at radius 3 is 2.77 bits per heavy atom. The van der Waals surface area contributed by atoms with Gasteiger partial charge in [0.25, 0.3) is 10.1 Å². The minimum absolute atomic E-state index is 0.153. The molecule has 78 valence electrons. The van der Waals surface area contributed by atoms with Crippen LogP contribution in [0.2, 0.25) is 0 Å². The van der Waals surface area contributed by atoms with Gasteiger partial charge in [-0.05, 0) is 12.8 Å². The summed E-state index contributed by atoms with van der Waals surface area (Å²) in [6.45, 7) is 2.62. The van der Waals surface area contributed by atoms with Crippen LogP contribution < -0.4 is 0 Å². The second-order valence-electron chi connectivity index (χ2n) is 3.35. The summed E-state index contributed by atoms with van der Waals surface area (Å²) in [7, 11) is -3.31. The first kappa shape index (κ1) is 10.9. The molecule has 1 fully saturated rings. The summed E-state index contributed by atoms with van der Waals surface area (Å²) in [5.41, 5.74) is 0. The molecule has 0 aromatic heterocycles. The standard InChI is InChI=1S/C8H16O4S/c1-3-7-6-8(4-5-11-7)12-13(2,9)10/h7-8H,3-6H2,1-2H3. The predicted molar refractivity (Wildman–Crippen MR) is 49.0 cm³/mol. The normalized spacial score (nSPS) is 30.3. The number of ether oxygens (including phenoxy) is 1. The molecule has 0 spiro atoms. The maximum atomic E-state index is 10.8. The molecule has 1 aliphatic heterocycles. The molecule has 0 amide bonds. The lowest BCUT2D eigenvalue weighted by molar-refractivity contribution is -0.0337. The van der Waals surface area contributed by atoms with Crippen LogP contribution in [-0.4, -0.2) is 33.5 Å². The quantitative estimate of drug-likeness (QED) is 0.647. The molecule has 0 aliphatic carbocycles. The van der Waals surface area contributed by atoms with Crippen molar-refractivity contribution in [3.8, 4) is 0 Å². The van der Waals surface area contributed by atoms with Crippen molar-refractivity contribution < 1.29 is 17.3 Å². The molecule has 1 saturated heterocycles. The van der Waals surface area contributed by atoms with E-state index in [4.69, 9.17) is 8.92 Å². The van der Waals surface area contributed by atoms with Crippen molar-refractivity contribution in [2.24, 2.45) is 0 Å². The summed E-state index contributed by atoms with van der Waals surface area (Å²) in [6, 6.07) is 0. The highest BCUT2D eigenvalue weighted by Gasteiger charge is 2.24. The average Bonchev–Trinajstić information content (AvgIpc) is 2.01. The molecule has 0 aromatic rings. The summed E-state index contributed by atoms with van der Waals surface area (Å²) < 4.78 is 32.0. The molecular weight excluding hydrogens is 192 g/mol. The predicted octanol–water partition coefficient (Wildman–Crippen LogP) is 0.920. The molecule has 4 nitrogen and oxygen atoms in total. The van der Waals surface area contributed by atoms with E-state index in [0.29, 0.717) is 19.4 Å². The van der Waals surface area contributed by atoms with E-state index < -0.39 is 10.1 Å². The van der Waals surface area contributed by atoms with E-state index in [-0.39, 0.29) is 12.2 Å². The Balaban J connectivity index is 2.43. The summed E-state index contributed by atoms with van der Waals surface area (Å²) in [4.78, 5) is 0. The van der Waals surface area contributed by atoms with Crippen molar-refractivity contribution in [1.82, 2.24) is 0 Å². The Morgan fingerprint density at radius 2 is 2.23 bits per heavy atom. The highest BCUT2D eigenvalue weighted by atomic mass is 32.2. The fourth-order valence-electron chi connectivity index (χ4n) is 1.46. The van der Waals surface area contributed by atoms with Gasteiger partial charge in [-0.25, -0.2) is 0 Å². The largest absolute Gasteiger partial charge is 0.378 e. The van der Waals surface area contributed by atoms with Crippen LogP contribution in [0.5, 0.6) is 0 Å². The molecule has 1 aliphatic rings. The van der Waals surface area contributed by atoms with E-state index in [9.17, 15) is 8.42 Å². The van der Waals surface area contributed by atoms with Crippen molar-refractivity contribution in [1.29, 1.82) is 0 Å². The molecule has 5 heteroatoms. The fraction of sp³-hybridized carbons (Fsp3) is 1.00. The lowest BCUT2D eigenvalue weighted by Gasteiger charge is -2.27. The molecule has 1 heterocycles. The van der Waals surface area contributed by atoms with Gasteiger partial charge in [0, 0.05) is 13.0 Å². The number of rotatable bonds is 3. The van der Waals surface area contributed by atoms with Crippen LogP contribution in [0.1, 0.15) is 26.2 Å². The van der Waals surface area contributed by atoms with Crippen molar-refractivity contribution in [2.75, 3.05) is 12.9 Å². The Labute approximate surface area is 79.3 Å². The van der Waals surface area contributed by atoms with Crippen LogP contribution in [0.3, 0.4) is 0 Å². The molecule has 2 atom stereocenters. The highest BCUT2D eigenvalue weighted by Crippen LogP contribution is 2.19. The molecule has 0 saturated carbocycles. The third-order valence-corrected chi connectivity index (χ3v) is 2.71. The molecule has 1 rings (SSSR count). The summed E-state index contributed by atoms with van der Waals surface area (Å²) in [5.74, 6) is 0. The Morgan fingerprint density at radius 1 is 1.54 bits per heavy atom. The third kappa shape index (κ3) is 4.06. The first-order valence-corrected chi connectivity index (χ1v) is 6.32. The Kier molecular flexibility index (Phi) is 3.70. The Bertz CT molecular complexity index is 247. The highest BCUT2D eigenvalue weighted by molar-refractivity contribution is 7.86. The van der Waals surface area contributed by atoms with Crippen LogP contribution >= 0.6 is 0 Å². The lowest BCUT2D eigenvalue weighted by Crippen LogP contribution is -2.31. The zero-order valence-corrected chi connectivity index (χ0v) is 8.84. The smallest absolute Gasteiger partial charge is 0.264 e. The first-order valence-electron chi connectivity index (χ1n) is 4.51. The van der Waals surface area contributed by atoms with Crippen LogP contribution in [-0.2, 0) is 19.0 Å². The van der Waals surface area contributed by atoms with Gasteiger partial charge in [-0.15, -0.1) is 0 Å². The van der Waals surface area contributed by atoms with Gasteiger partial charge in [-0.3, -0.25) is 4.18 Å². The fourth-order valence-corrected chi connectivity index (χ4v) is 2.13. The first-order chi connectivity index (χ1) is 6.01. The van der Waals surface area contributed by atoms with E-state index in [1.165, 1.54) is 0 Å². The van der Waals surface area contributed by atoms with Crippen LogP contribution in [0.4, 0.5) is 0 Å². The van der Waals surface area contributed by atoms with Crippen LogP contribution in [0.15, 0.2) is 0 Å². The van der Waals surface area contributed by atoms with Gasteiger partial charge in [0.2, 0.25) is 0 Å². The number of hydrogen-bond donors (Lipinski definition) is 0. The van der Waals surface area contributed by atoms with Crippen molar-refractivity contribution in [2.45, 2.75) is 38.4 Å². The van der Waals surface area contributed by atoms with Gasteiger partial charge in [0.05, 0.1) is 18.5 Å². The second-order valence-corrected chi connectivity index (χ2v) is 4.95. The van der Waals surface area contributed by atoms with E-state index >= 15 is 0 Å².